The van der Waals surface area contributed by atoms with Gasteiger partial charge in [-0.05, 0) is 57.0 Å². The maximum atomic E-state index is 13.1. The molecular formula is C15H23FN2. The van der Waals surface area contributed by atoms with E-state index in [2.05, 4.69) is 24.2 Å². The molecule has 2 atom stereocenters. The average molecular weight is 250 g/mol. The molecule has 0 saturated carbocycles. The number of nitrogens with zero attached hydrogens (tertiary/aromatic N) is 1. The summed E-state index contributed by atoms with van der Waals surface area (Å²) in [6.45, 7) is 5.30. The number of nitrogens with one attached hydrogen (secondary N) is 1. The van der Waals surface area contributed by atoms with E-state index in [0.717, 1.165) is 31.1 Å². The SMILES string of the molecule is CC1CC(CN(C)Cc2cccc(F)c2)CCN1. The molecule has 1 N–H and O–H groups in total. The van der Waals surface area contributed by atoms with Crippen LogP contribution in [0.3, 0.4) is 0 Å². The highest BCUT2D eigenvalue weighted by Gasteiger charge is 2.19. The lowest BCUT2D eigenvalue weighted by atomic mass is 9.93. The first kappa shape index (κ1) is 13.5. The number of rotatable bonds is 4. The fraction of sp³-hybridized carbons (Fsp3) is 0.600. The molecule has 1 aliphatic rings. The molecule has 18 heavy (non-hydrogen) atoms. The quantitative estimate of drug-likeness (QED) is 0.883. The summed E-state index contributed by atoms with van der Waals surface area (Å²) in [7, 11) is 2.12. The Labute approximate surface area is 109 Å². The third-order valence-electron chi connectivity index (χ3n) is 3.64. The zero-order valence-electron chi connectivity index (χ0n) is 11.3. The Kier molecular flexibility index (Phi) is 4.72. The van der Waals surface area contributed by atoms with Gasteiger partial charge in [0.25, 0.3) is 0 Å². The van der Waals surface area contributed by atoms with E-state index in [-0.39, 0.29) is 5.82 Å². The summed E-state index contributed by atoms with van der Waals surface area (Å²) in [5.41, 5.74) is 1.06. The predicted octanol–water partition coefficient (Wildman–Crippen LogP) is 2.65. The summed E-state index contributed by atoms with van der Waals surface area (Å²) in [6, 6.07) is 7.53. The van der Waals surface area contributed by atoms with E-state index in [1.807, 2.05) is 6.07 Å². The summed E-state index contributed by atoms with van der Waals surface area (Å²) in [4.78, 5) is 2.30. The first-order chi connectivity index (χ1) is 8.63. The molecule has 1 aliphatic heterocycles. The Morgan fingerprint density at radius 2 is 2.28 bits per heavy atom. The second kappa shape index (κ2) is 6.30. The molecule has 1 fully saturated rings. The molecule has 1 heterocycles. The van der Waals surface area contributed by atoms with Gasteiger partial charge in [0.1, 0.15) is 5.82 Å². The van der Waals surface area contributed by atoms with Crippen LogP contribution in [0.5, 0.6) is 0 Å². The topological polar surface area (TPSA) is 15.3 Å². The zero-order chi connectivity index (χ0) is 13.0. The third-order valence-corrected chi connectivity index (χ3v) is 3.64. The molecular weight excluding hydrogens is 227 g/mol. The van der Waals surface area contributed by atoms with E-state index in [0.29, 0.717) is 6.04 Å². The van der Waals surface area contributed by atoms with E-state index >= 15 is 0 Å². The van der Waals surface area contributed by atoms with E-state index in [4.69, 9.17) is 0 Å². The van der Waals surface area contributed by atoms with Gasteiger partial charge in [-0.2, -0.15) is 0 Å². The molecule has 0 spiro atoms. The smallest absolute Gasteiger partial charge is 0.123 e. The van der Waals surface area contributed by atoms with Crippen LogP contribution in [-0.4, -0.2) is 31.1 Å². The first-order valence-electron chi connectivity index (χ1n) is 6.80. The number of hydrogen-bond acceptors (Lipinski definition) is 2. The molecule has 3 heteroatoms. The van der Waals surface area contributed by atoms with Crippen molar-refractivity contribution in [3.05, 3.63) is 35.6 Å². The minimum Gasteiger partial charge on any atom is -0.314 e. The molecule has 100 valence electrons. The van der Waals surface area contributed by atoms with Crippen LogP contribution in [0.15, 0.2) is 24.3 Å². The number of halogens is 1. The zero-order valence-corrected chi connectivity index (χ0v) is 11.3. The van der Waals surface area contributed by atoms with E-state index in [1.54, 1.807) is 12.1 Å². The molecule has 1 aromatic rings. The fourth-order valence-corrected chi connectivity index (χ4v) is 2.85. The van der Waals surface area contributed by atoms with Crippen LogP contribution in [0.2, 0.25) is 0 Å². The van der Waals surface area contributed by atoms with Crippen LogP contribution in [0.25, 0.3) is 0 Å². The Hall–Kier alpha value is -0.930. The third kappa shape index (κ3) is 4.07. The fourth-order valence-electron chi connectivity index (χ4n) is 2.85. The summed E-state index contributed by atoms with van der Waals surface area (Å²) in [6.07, 6.45) is 2.49. The van der Waals surface area contributed by atoms with Gasteiger partial charge in [0.15, 0.2) is 0 Å². The summed E-state index contributed by atoms with van der Waals surface area (Å²) in [5, 5.41) is 3.47. The van der Waals surface area contributed by atoms with Gasteiger partial charge in [-0.3, -0.25) is 0 Å². The van der Waals surface area contributed by atoms with Crippen molar-refractivity contribution in [2.24, 2.45) is 5.92 Å². The normalized spacial score (nSPS) is 24.4. The minimum atomic E-state index is -0.142. The van der Waals surface area contributed by atoms with Crippen LogP contribution < -0.4 is 5.32 Å². The molecule has 2 unspecified atom stereocenters. The number of hydrogen-bond donors (Lipinski definition) is 1. The highest BCUT2D eigenvalue weighted by atomic mass is 19.1. The largest absolute Gasteiger partial charge is 0.314 e. The van der Waals surface area contributed by atoms with Crippen LogP contribution in [0.1, 0.15) is 25.3 Å². The van der Waals surface area contributed by atoms with Crippen molar-refractivity contribution in [3.63, 3.8) is 0 Å². The summed E-state index contributed by atoms with van der Waals surface area (Å²) >= 11 is 0. The number of benzene rings is 1. The molecule has 0 aliphatic carbocycles. The van der Waals surface area contributed by atoms with Crippen molar-refractivity contribution in [2.45, 2.75) is 32.4 Å². The molecule has 1 saturated heterocycles. The van der Waals surface area contributed by atoms with Crippen molar-refractivity contribution in [2.75, 3.05) is 20.1 Å². The van der Waals surface area contributed by atoms with Crippen LogP contribution in [0, 0.1) is 11.7 Å². The van der Waals surface area contributed by atoms with Crippen LogP contribution in [0.4, 0.5) is 4.39 Å². The molecule has 0 aromatic heterocycles. The van der Waals surface area contributed by atoms with Gasteiger partial charge in [0.05, 0.1) is 0 Å². The Bertz CT molecular complexity index is 381. The molecule has 0 bridgehead atoms. The average Bonchev–Trinajstić information content (AvgIpc) is 2.28. The molecule has 2 nitrogen and oxygen atoms in total. The van der Waals surface area contributed by atoms with Gasteiger partial charge >= 0.3 is 0 Å². The summed E-state index contributed by atoms with van der Waals surface area (Å²) < 4.78 is 13.1. The highest BCUT2D eigenvalue weighted by molar-refractivity contribution is 5.16. The number of piperidine rings is 1. The molecule has 2 rings (SSSR count). The first-order valence-corrected chi connectivity index (χ1v) is 6.80. The maximum absolute atomic E-state index is 13.1. The second-order valence-electron chi connectivity index (χ2n) is 5.57. The Balaban J connectivity index is 1.82. The highest BCUT2D eigenvalue weighted by Crippen LogP contribution is 2.18. The summed E-state index contributed by atoms with van der Waals surface area (Å²) in [5.74, 6) is 0.621. The predicted molar refractivity (Wildman–Crippen MR) is 72.9 cm³/mol. The van der Waals surface area contributed by atoms with Crippen molar-refractivity contribution in [1.82, 2.24) is 10.2 Å². The maximum Gasteiger partial charge on any atom is 0.123 e. The van der Waals surface area contributed by atoms with E-state index < -0.39 is 0 Å². The van der Waals surface area contributed by atoms with Crippen molar-refractivity contribution >= 4 is 0 Å². The van der Waals surface area contributed by atoms with Gasteiger partial charge in [0, 0.05) is 19.1 Å². The lowest BCUT2D eigenvalue weighted by Gasteiger charge is -2.31. The Morgan fingerprint density at radius 3 is 3.00 bits per heavy atom. The van der Waals surface area contributed by atoms with Crippen LogP contribution in [-0.2, 0) is 6.54 Å². The molecule has 0 amide bonds. The van der Waals surface area contributed by atoms with Gasteiger partial charge in [0.2, 0.25) is 0 Å². The van der Waals surface area contributed by atoms with Gasteiger partial charge in [-0.25, -0.2) is 4.39 Å². The van der Waals surface area contributed by atoms with Crippen molar-refractivity contribution in [1.29, 1.82) is 0 Å². The van der Waals surface area contributed by atoms with Gasteiger partial charge in [-0.1, -0.05) is 12.1 Å². The van der Waals surface area contributed by atoms with E-state index in [9.17, 15) is 4.39 Å². The standard InChI is InChI=1S/C15H23FN2/c1-12-8-14(6-7-17-12)11-18(2)10-13-4-3-5-15(16)9-13/h3-5,9,12,14,17H,6-8,10-11H2,1-2H3. The van der Waals surface area contributed by atoms with Crippen molar-refractivity contribution in [3.8, 4) is 0 Å². The minimum absolute atomic E-state index is 0.142. The lowest BCUT2D eigenvalue weighted by molar-refractivity contribution is 0.215. The van der Waals surface area contributed by atoms with Crippen molar-refractivity contribution < 1.29 is 4.39 Å². The van der Waals surface area contributed by atoms with Gasteiger partial charge < -0.3 is 10.2 Å². The molecule has 0 radical (unpaired) electrons. The van der Waals surface area contributed by atoms with E-state index in [1.165, 1.54) is 18.9 Å². The lowest BCUT2D eigenvalue weighted by Crippen LogP contribution is -2.39. The van der Waals surface area contributed by atoms with Gasteiger partial charge in [-0.15, -0.1) is 0 Å². The second-order valence-corrected chi connectivity index (χ2v) is 5.57. The Morgan fingerprint density at radius 1 is 1.44 bits per heavy atom. The monoisotopic (exact) mass is 250 g/mol. The van der Waals surface area contributed by atoms with Crippen LogP contribution >= 0.6 is 0 Å². The molecule has 1 aromatic carbocycles.